The lowest BCUT2D eigenvalue weighted by molar-refractivity contribution is 0.587. The first-order valence-electron chi connectivity index (χ1n) is 7.89. The molecule has 0 radical (unpaired) electrons. The Morgan fingerprint density at radius 3 is 1.23 bits per heavy atom. The molecule has 126 valence electrons. The first-order chi connectivity index (χ1) is 10.3. The summed E-state index contributed by atoms with van der Waals surface area (Å²) in [6.07, 6.45) is 4.95. The smallest absolute Gasteiger partial charge is 0.178 e. The predicted octanol–water partition coefficient (Wildman–Crippen LogP) is 3.61. The molecule has 4 nitrogen and oxygen atoms in total. The highest BCUT2D eigenvalue weighted by atomic mass is 32.2. The Bertz CT molecular complexity index is 585. The summed E-state index contributed by atoms with van der Waals surface area (Å²) in [7, 11) is -6.62. The van der Waals surface area contributed by atoms with E-state index in [0.717, 1.165) is 25.7 Å². The summed E-state index contributed by atoms with van der Waals surface area (Å²) in [5, 5.41) is 0. The summed E-state index contributed by atoms with van der Waals surface area (Å²) in [5.74, 6) is 0.229. The number of benzene rings is 1. The number of sulfone groups is 2. The number of rotatable bonds is 10. The van der Waals surface area contributed by atoms with Crippen LogP contribution in [0.5, 0.6) is 0 Å². The summed E-state index contributed by atoms with van der Waals surface area (Å²) in [6, 6.07) is 5.64. The van der Waals surface area contributed by atoms with Gasteiger partial charge in [-0.3, -0.25) is 0 Å². The first kappa shape index (κ1) is 19.2. The monoisotopic (exact) mass is 346 g/mol. The van der Waals surface area contributed by atoms with E-state index in [1.807, 2.05) is 13.8 Å². The Labute approximate surface area is 134 Å². The summed E-state index contributed by atoms with van der Waals surface area (Å²) in [6.45, 7) is 4.04. The second-order valence-corrected chi connectivity index (χ2v) is 9.74. The summed E-state index contributed by atoms with van der Waals surface area (Å²) in [4.78, 5) is 0.409. The highest BCUT2D eigenvalue weighted by molar-refractivity contribution is 7.91. The molecular formula is C16H26O4S2. The quantitative estimate of drug-likeness (QED) is 0.607. The van der Waals surface area contributed by atoms with E-state index in [-0.39, 0.29) is 21.3 Å². The fourth-order valence-electron chi connectivity index (χ4n) is 2.17. The van der Waals surface area contributed by atoms with E-state index in [0.29, 0.717) is 12.8 Å². The normalized spacial score (nSPS) is 12.5. The molecule has 0 fully saturated rings. The van der Waals surface area contributed by atoms with Crippen LogP contribution in [-0.2, 0) is 19.7 Å². The van der Waals surface area contributed by atoms with Crippen LogP contribution < -0.4 is 0 Å². The van der Waals surface area contributed by atoms with Crippen LogP contribution in [0.1, 0.15) is 52.4 Å². The van der Waals surface area contributed by atoms with E-state index in [2.05, 4.69) is 0 Å². The molecule has 0 aromatic heterocycles. The molecular weight excluding hydrogens is 320 g/mol. The van der Waals surface area contributed by atoms with Crippen LogP contribution in [0.2, 0.25) is 0 Å². The van der Waals surface area contributed by atoms with Crippen LogP contribution in [0.25, 0.3) is 0 Å². The molecule has 0 atom stereocenters. The van der Waals surface area contributed by atoms with Gasteiger partial charge in [0.2, 0.25) is 0 Å². The van der Waals surface area contributed by atoms with Crippen LogP contribution in [0.3, 0.4) is 0 Å². The molecule has 6 heteroatoms. The maximum atomic E-state index is 12.1. The molecule has 0 bridgehead atoms. The lowest BCUT2D eigenvalue weighted by Gasteiger charge is -2.07. The Kier molecular flexibility index (Phi) is 7.56. The molecule has 22 heavy (non-hydrogen) atoms. The van der Waals surface area contributed by atoms with Crippen LogP contribution in [-0.4, -0.2) is 28.3 Å². The number of hydrogen-bond donors (Lipinski definition) is 0. The molecule has 0 aliphatic rings. The lowest BCUT2D eigenvalue weighted by atomic mass is 10.3. The van der Waals surface area contributed by atoms with Crippen LogP contribution in [0, 0.1) is 0 Å². The van der Waals surface area contributed by atoms with Gasteiger partial charge in [0, 0.05) is 0 Å². The van der Waals surface area contributed by atoms with Crippen molar-refractivity contribution < 1.29 is 16.8 Å². The van der Waals surface area contributed by atoms with Crippen LogP contribution in [0.4, 0.5) is 0 Å². The molecule has 0 amide bonds. The molecule has 0 aliphatic heterocycles. The van der Waals surface area contributed by atoms with Crippen molar-refractivity contribution in [2.24, 2.45) is 0 Å². The van der Waals surface area contributed by atoms with Crippen molar-refractivity contribution in [3.05, 3.63) is 24.3 Å². The van der Waals surface area contributed by atoms with E-state index >= 15 is 0 Å². The summed E-state index contributed by atoms with van der Waals surface area (Å²) >= 11 is 0. The van der Waals surface area contributed by atoms with Gasteiger partial charge in [-0.15, -0.1) is 0 Å². The Morgan fingerprint density at radius 1 is 0.636 bits per heavy atom. The zero-order chi connectivity index (χ0) is 16.6. The Balaban J connectivity index is 2.82. The van der Waals surface area contributed by atoms with Crippen molar-refractivity contribution in [1.29, 1.82) is 0 Å². The van der Waals surface area contributed by atoms with Gasteiger partial charge in [-0.1, -0.05) is 39.5 Å². The summed E-state index contributed by atoms with van der Waals surface area (Å²) < 4.78 is 48.5. The van der Waals surface area contributed by atoms with Crippen molar-refractivity contribution in [3.63, 3.8) is 0 Å². The maximum Gasteiger partial charge on any atom is 0.178 e. The third-order valence-corrected chi connectivity index (χ3v) is 7.21. The zero-order valence-electron chi connectivity index (χ0n) is 13.4. The van der Waals surface area contributed by atoms with E-state index in [4.69, 9.17) is 0 Å². The van der Waals surface area contributed by atoms with Gasteiger partial charge in [0.15, 0.2) is 19.7 Å². The van der Waals surface area contributed by atoms with Gasteiger partial charge in [-0.05, 0) is 37.1 Å². The Morgan fingerprint density at radius 2 is 0.955 bits per heavy atom. The number of unbranched alkanes of at least 4 members (excludes halogenated alkanes) is 4. The molecule has 0 unspecified atom stereocenters. The van der Waals surface area contributed by atoms with E-state index < -0.39 is 19.7 Å². The van der Waals surface area contributed by atoms with Crippen LogP contribution in [0.15, 0.2) is 34.1 Å². The average Bonchev–Trinajstić information content (AvgIpc) is 2.48. The zero-order valence-corrected chi connectivity index (χ0v) is 15.0. The SMILES string of the molecule is CCCCCS(=O)(=O)c1ccc(S(=O)(=O)CCCCC)cc1. The largest absolute Gasteiger partial charge is 0.224 e. The van der Waals surface area contributed by atoms with Crippen molar-refractivity contribution in [1.82, 2.24) is 0 Å². The topological polar surface area (TPSA) is 68.3 Å². The van der Waals surface area contributed by atoms with Gasteiger partial charge in [-0.2, -0.15) is 0 Å². The molecule has 0 spiro atoms. The van der Waals surface area contributed by atoms with Crippen molar-refractivity contribution >= 4 is 19.7 Å². The van der Waals surface area contributed by atoms with Gasteiger partial charge in [0.1, 0.15) is 0 Å². The molecule has 1 rings (SSSR count). The second kappa shape index (κ2) is 8.67. The fourth-order valence-corrected chi connectivity index (χ4v) is 4.92. The van der Waals surface area contributed by atoms with E-state index in [1.54, 1.807) is 0 Å². The third kappa shape index (κ3) is 5.72. The van der Waals surface area contributed by atoms with Crippen molar-refractivity contribution in [3.8, 4) is 0 Å². The highest BCUT2D eigenvalue weighted by Crippen LogP contribution is 2.18. The maximum absolute atomic E-state index is 12.1. The van der Waals surface area contributed by atoms with Gasteiger partial charge in [0.05, 0.1) is 21.3 Å². The fraction of sp³-hybridized carbons (Fsp3) is 0.625. The third-order valence-electron chi connectivity index (χ3n) is 3.58. The highest BCUT2D eigenvalue weighted by Gasteiger charge is 2.17. The van der Waals surface area contributed by atoms with Gasteiger partial charge < -0.3 is 0 Å². The van der Waals surface area contributed by atoms with Gasteiger partial charge in [0.25, 0.3) is 0 Å². The van der Waals surface area contributed by atoms with Crippen LogP contribution >= 0.6 is 0 Å². The van der Waals surface area contributed by atoms with Gasteiger partial charge in [-0.25, -0.2) is 16.8 Å². The first-order valence-corrected chi connectivity index (χ1v) is 11.2. The molecule has 1 aromatic rings. The Hall–Kier alpha value is -0.880. The minimum atomic E-state index is -3.31. The molecule has 0 heterocycles. The second-order valence-electron chi connectivity index (χ2n) is 5.52. The van der Waals surface area contributed by atoms with Crippen molar-refractivity contribution in [2.45, 2.75) is 62.2 Å². The molecule has 0 saturated carbocycles. The molecule has 0 N–H and O–H groups in total. The van der Waals surface area contributed by atoms with Gasteiger partial charge >= 0.3 is 0 Å². The minimum absolute atomic E-state index is 0.115. The predicted molar refractivity (Wildman–Crippen MR) is 89.6 cm³/mol. The van der Waals surface area contributed by atoms with Crippen molar-refractivity contribution in [2.75, 3.05) is 11.5 Å². The number of hydrogen-bond acceptors (Lipinski definition) is 4. The standard InChI is InChI=1S/C16H26O4S2/c1-3-5-7-13-21(17,18)15-9-11-16(12-10-15)22(19,20)14-8-6-4-2/h9-12H,3-8,13-14H2,1-2H3. The lowest BCUT2D eigenvalue weighted by Crippen LogP contribution is -2.09. The van der Waals surface area contributed by atoms with E-state index in [9.17, 15) is 16.8 Å². The summed E-state index contributed by atoms with van der Waals surface area (Å²) in [5.41, 5.74) is 0. The van der Waals surface area contributed by atoms with E-state index in [1.165, 1.54) is 24.3 Å². The molecule has 0 aliphatic carbocycles. The minimum Gasteiger partial charge on any atom is -0.224 e. The average molecular weight is 347 g/mol. The molecule has 1 aromatic carbocycles. The molecule has 0 saturated heterocycles.